The lowest BCUT2D eigenvalue weighted by Gasteiger charge is -2.21. The van der Waals surface area contributed by atoms with E-state index in [-0.39, 0.29) is 24.9 Å². The van der Waals surface area contributed by atoms with E-state index in [2.05, 4.69) is 15.3 Å². The standard InChI is InChI=1S/C10H16N6O2/c11-8-7-9(15-10(12)14-8)16(4-13-7)6-2-1-5(3-17)18-6/h4-6,8,17H,1-3,11H2,(H3,12,14,15). The van der Waals surface area contributed by atoms with E-state index in [1.807, 2.05) is 4.57 Å². The largest absolute Gasteiger partial charge is 0.394 e. The second-order valence-electron chi connectivity index (χ2n) is 4.44. The van der Waals surface area contributed by atoms with Crippen LogP contribution in [-0.2, 0) is 4.74 Å². The molecule has 1 aromatic heterocycles. The summed E-state index contributed by atoms with van der Waals surface area (Å²) in [6.07, 6.45) is 2.50. The number of aliphatic imine (C=N–C) groups is 1. The highest BCUT2D eigenvalue weighted by Gasteiger charge is 2.31. The van der Waals surface area contributed by atoms with Gasteiger partial charge in [0.2, 0.25) is 0 Å². The van der Waals surface area contributed by atoms with Gasteiger partial charge in [-0.25, -0.2) is 9.98 Å². The molecule has 98 valence electrons. The number of fused-ring (bicyclic) bond motifs is 1. The van der Waals surface area contributed by atoms with Gasteiger partial charge in [-0.05, 0) is 12.8 Å². The summed E-state index contributed by atoms with van der Waals surface area (Å²) in [6, 6.07) is 0. The zero-order valence-electron chi connectivity index (χ0n) is 9.78. The molecule has 0 saturated carbocycles. The quantitative estimate of drug-likeness (QED) is 0.549. The van der Waals surface area contributed by atoms with Gasteiger partial charge in [0.1, 0.15) is 23.9 Å². The summed E-state index contributed by atoms with van der Waals surface area (Å²) in [6.45, 7) is 0.0317. The van der Waals surface area contributed by atoms with E-state index >= 15 is 0 Å². The number of hydrogen-bond donors (Lipinski definition) is 4. The number of nitrogens with zero attached hydrogens (tertiary/aromatic N) is 3. The van der Waals surface area contributed by atoms with Crippen molar-refractivity contribution < 1.29 is 9.84 Å². The molecule has 6 N–H and O–H groups in total. The summed E-state index contributed by atoms with van der Waals surface area (Å²) in [7, 11) is 0. The Kier molecular flexibility index (Phi) is 2.69. The molecule has 1 fully saturated rings. The number of guanidine groups is 1. The fourth-order valence-electron chi connectivity index (χ4n) is 2.33. The first-order chi connectivity index (χ1) is 8.69. The zero-order chi connectivity index (χ0) is 12.7. The molecule has 0 aliphatic carbocycles. The molecule has 0 amide bonds. The van der Waals surface area contributed by atoms with Gasteiger partial charge in [-0.15, -0.1) is 0 Å². The van der Waals surface area contributed by atoms with E-state index in [9.17, 15) is 0 Å². The maximum atomic E-state index is 9.08. The number of imidazole rings is 1. The summed E-state index contributed by atoms with van der Waals surface area (Å²) in [5.41, 5.74) is 12.1. The molecular weight excluding hydrogens is 236 g/mol. The van der Waals surface area contributed by atoms with E-state index in [0.717, 1.165) is 18.7 Å². The summed E-state index contributed by atoms with van der Waals surface area (Å²) in [4.78, 5) is 8.24. The molecule has 3 atom stereocenters. The Morgan fingerprint density at radius 2 is 2.39 bits per heavy atom. The van der Waals surface area contributed by atoms with Crippen molar-refractivity contribution in [2.24, 2.45) is 16.5 Å². The molecule has 3 heterocycles. The maximum Gasteiger partial charge on any atom is 0.196 e. The van der Waals surface area contributed by atoms with Crippen molar-refractivity contribution in [2.45, 2.75) is 31.3 Å². The molecule has 0 bridgehead atoms. The van der Waals surface area contributed by atoms with Crippen molar-refractivity contribution >= 4 is 11.8 Å². The first-order valence-corrected chi connectivity index (χ1v) is 5.88. The molecule has 8 heteroatoms. The van der Waals surface area contributed by atoms with Crippen molar-refractivity contribution in [1.82, 2.24) is 9.55 Å². The number of ether oxygens (including phenoxy) is 1. The van der Waals surface area contributed by atoms with E-state index in [0.29, 0.717) is 5.69 Å². The predicted octanol–water partition coefficient (Wildman–Crippen LogP) is -0.750. The van der Waals surface area contributed by atoms with Gasteiger partial charge in [0.15, 0.2) is 5.96 Å². The molecule has 1 aromatic rings. The Balaban J connectivity index is 1.88. The molecule has 3 rings (SSSR count). The summed E-state index contributed by atoms with van der Waals surface area (Å²) >= 11 is 0. The highest BCUT2D eigenvalue weighted by atomic mass is 16.5. The summed E-state index contributed by atoms with van der Waals surface area (Å²) < 4.78 is 7.56. The van der Waals surface area contributed by atoms with Crippen molar-refractivity contribution in [2.75, 3.05) is 11.9 Å². The number of anilines is 1. The molecule has 3 unspecified atom stereocenters. The van der Waals surface area contributed by atoms with Gasteiger partial charge in [0.25, 0.3) is 0 Å². The number of nitrogens with one attached hydrogen (secondary N) is 1. The van der Waals surface area contributed by atoms with E-state index in [1.165, 1.54) is 0 Å². The second-order valence-corrected chi connectivity index (χ2v) is 4.44. The van der Waals surface area contributed by atoms with Crippen LogP contribution in [0.5, 0.6) is 0 Å². The Morgan fingerprint density at radius 3 is 3.11 bits per heavy atom. The third-order valence-corrected chi connectivity index (χ3v) is 3.23. The van der Waals surface area contributed by atoms with Crippen LogP contribution >= 0.6 is 0 Å². The van der Waals surface area contributed by atoms with Crippen LogP contribution in [0.1, 0.15) is 30.9 Å². The minimum atomic E-state index is -0.544. The van der Waals surface area contributed by atoms with Crippen molar-refractivity contribution in [3.05, 3.63) is 12.0 Å². The number of aromatic nitrogens is 2. The zero-order valence-corrected chi connectivity index (χ0v) is 9.78. The first kappa shape index (κ1) is 11.5. The second kappa shape index (κ2) is 4.23. The third-order valence-electron chi connectivity index (χ3n) is 3.23. The van der Waals surface area contributed by atoms with Gasteiger partial charge in [-0.3, -0.25) is 4.57 Å². The van der Waals surface area contributed by atoms with Gasteiger partial charge in [0.05, 0.1) is 19.0 Å². The van der Waals surface area contributed by atoms with Crippen LogP contribution in [0.25, 0.3) is 0 Å². The summed E-state index contributed by atoms with van der Waals surface area (Å²) in [5, 5.41) is 12.0. The minimum Gasteiger partial charge on any atom is -0.394 e. The number of rotatable bonds is 2. The lowest BCUT2D eigenvalue weighted by molar-refractivity contribution is -0.0214. The van der Waals surface area contributed by atoms with Gasteiger partial charge in [0, 0.05) is 0 Å². The molecule has 0 spiro atoms. The predicted molar refractivity (Wildman–Crippen MR) is 64.6 cm³/mol. The average Bonchev–Trinajstić information content (AvgIpc) is 2.93. The number of hydrogen-bond acceptors (Lipinski definition) is 7. The molecule has 0 aromatic carbocycles. The molecule has 0 radical (unpaired) electrons. The normalized spacial score (nSPS) is 30.8. The van der Waals surface area contributed by atoms with Crippen LogP contribution in [-0.4, -0.2) is 33.3 Å². The van der Waals surface area contributed by atoms with Gasteiger partial charge in [-0.2, -0.15) is 0 Å². The third kappa shape index (κ3) is 1.74. The molecule has 2 aliphatic rings. The van der Waals surface area contributed by atoms with E-state index in [1.54, 1.807) is 6.33 Å². The number of aliphatic hydroxyl groups is 1. The minimum absolute atomic E-state index is 0.0317. The monoisotopic (exact) mass is 252 g/mol. The van der Waals surface area contributed by atoms with Crippen LogP contribution in [0.4, 0.5) is 5.82 Å². The topological polar surface area (TPSA) is 124 Å². The first-order valence-electron chi connectivity index (χ1n) is 5.88. The molecule has 18 heavy (non-hydrogen) atoms. The number of nitrogens with two attached hydrogens (primary N) is 2. The van der Waals surface area contributed by atoms with Crippen molar-refractivity contribution in [1.29, 1.82) is 0 Å². The Bertz CT molecular complexity index is 485. The molecule has 1 saturated heterocycles. The molecular formula is C10H16N6O2. The highest BCUT2D eigenvalue weighted by molar-refractivity contribution is 5.93. The van der Waals surface area contributed by atoms with Crippen molar-refractivity contribution in [3.63, 3.8) is 0 Å². The van der Waals surface area contributed by atoms with Crippen LogP contribution in [0.15, 0.2) is 11.3 Å². The van der Waals surface area contributed by atoms with Gasteiger partial charge in [-0.1, -0.05) is 0 Å². The SMILES string of the molecule is NC1=NC(N)c2ncn(C3CCC(CO)O3)c2N1. The van der Waals surface area contributed by atoms with Crippen LogP contribution in [0.3, 0.4) is 0 Å². The van der Waals surface area contributed by atoms with Gasteiger partial charge < -0.3 is 26.6 Å². The van der Waals surface area contributed by atoms with Crippen molar-refractivity contribution in [3.8, 4) is 0 Å². The fourth-order valence-corrected chi connectivity index (χ4v) is 2.33. The van der Waals surface area contributed by atoms with E-state index < -0.39 is 6.17 Å². The maximum absolute atomic E-state index is 9.08. The molecule has 8 nitrogen and oxygen atoms in total. The van der Waals surface area contributed by atoms with E-state index in [4.69, 9.17) is 21.3 Å². The average molecular weight is 252 g/mol. The summed E-state index contributed by atoms with van der Waals surface area (Å²) in [5.74, 6) is 0.993. The Hall–Kier alpha value is -1.64. The lowest BCUT2D eigenvalue weighted by Crippen LogP contribution is -2.32. The number of aliphatic hydroxyl groups excluding tert-OH is 1. The van der Waals surface area contributed by atoms with Crippen LogP contribution < -0.4 is 16.8 Å². The van der Waals surface area contributed by atoms with Crippen LogP contribution in [0.2, 0.25) is 0 Å². The Morgan fingerprint density at radius 1 is 1.56 bits per heavy atom. The Labute approximate surface area is 104 Å². The fraction of sp³-hybridized carbons (Fsp3) is 0.600. The highest BCUT2D eigenvalue weighted by Crippen LogP contribution is 2.34. The molecule has 2 aliphatic heterocycles. The smallest absolute Gasteiger partial charge is 0.196 e. The lowest BCUT2D eigenvalue weighted by atomic mass is 10.2. The van der Waals surface area contributed by atoms with Crippen LogP contribution in [0, 0.1) is 0 Å². The van der Waals surface area contributed by atoms with Gasteiger partial charge >= 0.3 is 0 Å².